The fourth-order valence-corrected chi connectivity index (χ4v) is 5.97. The fourth-order valence-electron chi connectivity index (χ4n) is 5.07. The maximum absolute atomic E-state index is 13.7. The molecule has 2 heterocycles. The molecular weight excluding hydrogens is 446 g/mol. The second-order valence-corrected chi connectivity index (χ2v) is 10.6. The van der Waals surface area contributed by atoms with Gasteiger partial charge in [0.25, 0.3) is 11.8 Å². The van der Waals surface area contributed by atoms with Gasteiger partial charge in [-0.2, -0.15) is 0 Å². The molecule has 5 rings (SSSR count). The Labute approximate surface area is 204 Å². The zero-order chi connectivity index (χ0) is 24.0. The lowest BCUT2D eigenvalue weighted by Crippen LogP contribution is -2.45. The topological polar surface area (TPSA) is 71.5 Å². The molecule has 0 bridgehead atoms. The smallest absolute Gasteiger partial charge is 0.274 e. The number of ether oxygens (including phenoxy) is 1. The molecule has 176 valence electrons. The fraction of sp³-hybridized carbons (Fsp3) is 0.370. The number of nitrogens with zero attached hydrogens (tertiary/aromatic N) is 2. The molecule has 1 aliphatic carbocycles. The van der Waals surface area contributed by atoms with Crippen LogP contribution < -0.4 is 10.1 Å². The Morgan fingerprint density at radius 1 is 1.18 bits per heavy atom. The molecule has 3 aromatic rings. The van der Waals surface area contributed by atoms with E-state index in [1.165, 1.54) is 0 Å². The van der Waals surface area contributed by atoms with Crippen LogP contribution in [0.1, 0.15) is 43.4 Å². The van der Waals surface area contributed by atoms with E-state index in [-0.39, 0.29) is 17.9 Å². The number of aromatic nitrogens is 1. The van der Waals surface area contributed by atoms with Crippen molar-refractivity contribution in [2.75, 3.05) is 20.2 Å². The first-order valence-corrected chi connectivity index (χ1v) is 12.5. The van der Waals surface area contributed by atoms with Crippen molar-refractivity contribution >= 4 is 23.2 Å². The monoisotopic (exact) mass is 475 g/mol. The highest BCUT2D eigenvalue weighted by molar-refractivity contribution is 7.15. The number of benzene rings is 2. The third-order valence-electron chi connectivity index (χ3n) is 6.93. The van der Waals surface area contributed by atoms with E-state index in [9.17, 15) is 9.59 Å². The molecular formula is C27H29N3O3S. The summed E-state index contributed by atoms with van der Waals surface area (Å²) in [5.74, 6) is 1.54. The molecule has 1 aliphatic heterocycles. The average molecular weight is 476 g/mol. The average Bonchev–Trinajstić information content (AvgIpc) is 3.33. The summed E-state index contributed by atoms with van der Waals surface area (Å²) in [6, 6.07) is 13.6. The maximum Gasteiger partial charge on any atom is 0.274 e. The summed E-state index contributed by atoms with van der Waals surface area (Å²) in [4.78, 5) is 34.1. The van der Waals surface area contributed by atoms with Gasteiger partial charge < -0.3 is 15.0 Å². The van der Waals surface area contributed by atoms with Gasteiger partial charge in [-0.15, -0.1) is 11.3 Å². The molecule has 1 aromatic heterocycles. The van der Waals surface area contributed by atoms with E-state index < -0.39 is 0 Å². The minimum absolute atomic E-state index is 0.00706. The van der Waals surface area contributed by atoms with Crippen LogP contribution in [0.2, 0.25) is 0 Å². The van der Waals surface area contributed by atoms with Crippen LogP contribution in [0.25, 0.3) is 10.4 Å². The second kappa shape index (κ2) is 8.87. The number of carbonyl (C=O) groups is 2. The number of amides is 2. The number of hydrogen-bond acceptors (Lipinski definition) is 5. The van der Waals surface area contributed by atoms with Gasteiger partial charge in [0.1, 0.15) is 11.4 Å². The summed E-state index contributed by atoms with van der Waals surface area (Å²) in [5, 5.41) is 3.96. The predicted octanol–water partition coefficient (Wildman–Crippen LogP) is 4.63. The molecule has 7 heteroatoms. The zero-order valence-corrected chi connectivity index (χ0v) is 20.7. The van der Waals surface area contributed by atoms with E-state index in [1.54, 1.807) is 30.6 Å². The Balaban J connectivity index is 1.34. The number of piperidine rings is 1. The van der Waals surface area contributed by atoms with Crippen LogP contribution in [0.3, 0.4) is 0 Å². The molecule has 3 atom stereocenters. The van der Waals surface area contributed by atoms with Crippen LogP contribution in [0.4, 0.5) is 0 Å². The van der Waals surface area contributed by atoms with E-state index in [1.807, 2.05) is 36.9 Å². The molecule has 34 heavy (non-hydrogen) atoms. The van der Waals surface area contributed by atoms with Gasteiger partial charge in [0.15, 0.2) is 0 Å². The maximum atomic E-state index is 13.7. The summed E-state index contributed by atoms with van der Waals surface area (Å²) in [5.41, 5.74) is 4.19. The standard InChI is InChI=1S/C27H29N3O3S/c1-15-6-5-7-18(10-15)25-24(29-17(3)34-25)27(32)30-14-19-12-22(19)23(30)13-28-26(31)21-9-8-20(33-4)11-16(21)2/h5-11,19,22-23H,12-14H2,1-4H3,(H,28,31)/t19-,22-,23-/m1/s1. The van der Waals surface area contributed by atoms with Gasteiger partial charge in [-0.3, -0.25) is 9.59 Å². The van der Waals surface area contributed by atoms with Gasteiger partial charge >= 0.3 is 0 Å². The number of likely N-dealkylation sites (tertiary alicyclic amines) is 1. The first-order valence-electron chi connectivity index (χ1n) is 11.6. The van der Waals surface area contributed by atoms with Crippen LogP contribution in [0.5, 0.6) is 5.75 Å². The third-order valence-corrected chi connectivity index (χ3v) is 7.95. The number of methoxy groups -OCH3 is 1. The SMILES string of the molecule is COc1ccc(C(=O)NC[C@@H]2[C@@H]3C[C@@H]3CN2C(=O)c2nc(C)sc2-c2cccc(C)c2)c(C)c1. The van der Waals surface area contributed by atoms with Gasteiger partial charge in [0.2, 0.25) is 0 Å². The number of thiazole rings is 1. The number of hydrogen-bond donors (Lipinski definition) is 1. The van der Waals surface area contributed by atoms with Crippen LogP contribution in [0, 0.1) is 32.6 Å². The lowest BCUT2D eigenvalue weighted by atomic mass is 10.1. The van der Waals surface area contributed by atoms with Crippen molar-refractivity contribution in [3.05, 3.63) is 69.9 Å². The number of nitrogens with one attached hydrogen (secondary N) is 1. The number of aryl methyl sites for hydroxylation is 3. The van der Waals surface area contributed by atoms with E-state index in [2.05, 4.69) is 29.4 Å². The second-order valence-electron chi connectivity index (χ2n) is 9.36. The van der Waals surface area contributed by atoms with Crippen molar-refractivity contribution in [3.63, 3.8) is 0 Å². The van der Waals surface area contributed by atoms with Crippen molar-refractivity contribution in [2.45, 2.75) is 33.2 Å². The Kier molecular flexibility index (Phi) is 5.90. The Morgan fingerprint density at radius 3 is 2.74 bits per heavy atom. The third kappa shape index (κ3) is 4.20. The first kappa shape index (κ1) is 22.6. The summed E-state index contributed by atoms with van der Waals surface area (Å²) in [6.07, 6.45) is 1.12. The molecule has 2 aromatic carbocycles. The van der Waals surface area contributed by atoms with Gasteiger partial charge in [-0.25, -0.2) is 4.98 Å². The highest BCUT2D eigenvalue weighted by Gasteiger charge is 2.54. The quantitative estimate of drug-likeness (QED) is 0.564. The number of rotatable bonds is 6. The Bertz CT molecular complexity index is 1270. The summed E-state index contributed by atoms with van der Waals surface area (Å²) < 4.78 is 5.24. The highest BCUT2D eigenvalue weighted by atomic mass is 32.1. The van der Waals surface area contributed by atoms with Crippen molar-refractivity contribution in [1.82, 2.24) is 15.2 Å². The Morgan fingerprint density at radius 2 is 2.00 bits per heavy atom. The van der Waals surface area contributed by atoms with Gasteiger partial charge in [-0.05, 0) is 68.4 Å². The van der Waals surface area contributed by atoms with Gasteiger partial charge in [0.05, 0.1) is 23.0 Å². The number of fused-ring (bicyclic) bond motifs is 1. The summed E-state index contributed by atoms with van der Waals surface area (Å²) >= 11 is 1.56. The molecule has 0 unspecified atom stereocenters. The van der Waals surface area contributed by atoms with E-state index in [0.29, 0.717) is 29.6 Å². The van der Waals surface area contributed by atoms with E-state index >= 15 is 0 Å². The predicted molar refractivity (Wildman–Crippen MR) is 134 cm³/mol. The molecule has 2 amide bonds. The van der Waals surface area contributed by atoms with Crippen molar-refractivity contribution in [2.24, 2.45) is 11.8 Å². The lowest BCUT2D eigenvalue weighted by Gasteiger charge is -2.27. The Hall–Kier alpha value is -3.19. The molecule has 0 spiro atoms. The minimum atomic E-state index is -0.124. The minimum Gasteiger partial charge on any atom is -0.497 e. The molecule has 1 saturated heterocycles. The normalized spacial score (nSPS) is 20.7. The molecule has 1 N–H and O–H groups in total. The number of carbonyl (C=O) groups excluding carboxylic acids is 2. The zero-order valence-electron chi connectivity index (χ0n) is 19.9. The molecule has 0 radical (unpaired) electrons. The van der Waals surface area contributed by atoms with E-state index in [4.69, 9.17) is 4.74 Å². The van der Waals surface area contributed by atoms with Crippen molar-refractivity contribution in [3.8, 4) is 16.2 Å². The molecule has 2 fully saturated rings. The van der Waals surface area contributed by atoms with Crippen LogP contribution in [-0.4, -0.2) is 47.9 Å². The van der Waals surface area contributed by atoms with Crippen LogP contribution in [-0.2, 0) is 0 Å². The van der Waals surface area contributed by atoms with Gasteiger partial charge in [-0.1, -0.05) is 29.8 Å². The lowest BCUT2D eigenvalue weighted by molar-refractivity contribution is 0.0690. The van der Waals surface area contributed by atoms with Crippen LogP contribution >= 0.6 is 11.3 Å². The molecule has 1 saturated carbocycles. The first-order chi connectivity index (χ1) is 16.4. The summed E-state index contributed by atoms with van der Waals surface area (Å²) in [6.45, 7) is 7.07. The largest absolute Gasteiger partial charge is 0.497 e. The molecule has 6 nitrogen and oxygen atoms in total. The van der Waals surface area contributed by atoms with Gasteiger partial charge in [0, 0.05) is 18.7 Å². The van der Waals surface area contributed by atoms with Crippen molar-refractivity contribution < 1.29 is 14.3 Å². The van der Waals surface area contributed by atoms with E-state index in [0.717, 1.165) is 45.3 Å². The van der Waals surface area contributed by atoms with Crippen LogP contribution in [0.15, 0.2) is 42.5 Å². The molecule has 2 aliphatic rings. The van der Waals surface area contributed by atoms with Crippen molar-refractivity contribution in [1.29, 1.82) is 0 Å². The highest BCUT2D eigenvalue weighted by Crippen LogP contribution is 2.50. The summed E-state index contributed by atoms with van der Waals surface area (Å²) in [7, 11) is 1.61.